The van der Waals surface area contributed by atoms with Crippen LogP contribution in [0.25, 0.3) is 6.08 Å². The Bertz CT molecular complexity index is 799. The lowest BCUT2D eigenvalue weighted by atomic mass is 10.00. The summed E-state index contributed by atoms with van der Waals surface area (Å²) in [7, 11) is 1.36. The summed E-state index contributed by atoms with van der Waals surface area (Å²) in [6, 6.07) is 3.58. The average molecular weight is 402 g/mol. The Morgan fingerprint density at radius 2 is 2.29 bits per heavy atom. The van der Waals surface area contributed by atoms with E-state index in [0.717, 1.165) is 11.3 Å². The molecule has 1 amide bonds. The van der Waals surface area contributed by atoms with Gasteiger partial charge < -0.3 is 14.7 Å². The number of aliphatic hydroxyl groups excluding tert-OH is 1. The molecule has 0 bridgehead atoms. The van der Waals surface area contributed by atoms with Crippen LogP contribution < -0.4 is 0 Å². The van der Waals surface area contributed by atoms with Crippen LogP contribution in [0.1, 0.15) is 47.7 Å². The zero-order valence-corrected chi connectivity index (χ0v) is 17.4. The summed E-state index contributed by atoms with van der Waals surface area (Å²) in [6.45, 7) is 4.24. The minimum Gasteiger partial charge on any atom is -0.465 e. The number of hydrogen-bond acceptors (Lipinski definition) is 5. The molecule has 0 unspecified atom stereocenters. The van der Waals surface area contributed by atoms with E-state index in [1.165, 1.54) is 18.4 Å². The first-order chi connectivity index (χ1) is 13.5. The third-order valence-electron chi connectivity index (χ3n) is 4.69. The van der Waals surface area contributed by atoms with Crippen LogP contribution in [0.2, 0.25) is 0 Å². The van der Waals surface area contributed by atoms with Crippen LogP contribution in [0.4, 0.5) is 0 Å². The summed E-state index contributed by atoms with van der Waals surface area (Å²) in [6.07, 6.45) is 8.88. The van der Waals surface area contributed by atoms with E-state index in [1.54, 1.807) is 19.1 Å². The van der Waals surface area contributed by atoms with E-state index < -0.39 is 6.10 Å². The lowest BCUT2D eigenvalue weighted by Gasteiger charge is -2.21. The van der Waals surface area contributed by atoms with Gasteiger partial charge in [0.1, 0.15) is 4.88 Å². The second-order valence-electron chi connectivity index (χ2n) is 6.73. The molecule has 28 heavy (non-hydrogen) atoms. The second-order valence-corrected chi connectivity index (χ2v) is 7.85. The largest absolute Gasteiger partial charge is 0.465 e. The molecule has 1 fully saturated rings. The summed E-state index contributed by atoms with van der Waals surface area (Å²) in [5.74, 6) is 5.64. The zero-order valence-electron chi connectivity index (χ0n) is 16.6. The first-order valence-electron chi connectivity index (χ1n) is 9.36. The predicted molar refractivity (Wildman–Crippen MR) is 112 cm³/mol. The SMILES string of the molecule is CC#CC[C@H](C)[C@H](O)/C=C/[C@H]1CCC(=O)N1C/C=C\c1ccc(C(=O)OC)s1. The molecule has 1 saturated heterocycles. The number of aliphatic hydroxyl groups is 1. The van der Waals surface area contributed by atoms with Crippen LogP contribution in [-0.4, -0.2) is 47.7 Å². The highest BCUT2D eigenvalue weighted by molar-refractivity contribution is 7.14. The monoisotopic (exact) mass is 401 g/mol. The average Bonchev–Trinajstić information content (AvgIpc) is 3.31. The fraction of sp³-hybridized carbons (Fsp3) is 0.455. The molecule has 2 rings (SSSR count). The van der Waals surface area contributed by atoms with Gasteiger partial charge in [-0.3, -0.25) is 4.79 Å². The van der Waals surface area contributed by atoms with E-state index in [4.69, 9.17) is 4.74 Å². The van der Waals surface area contributed by atoms with Gasteiger partial charge in [0.15, 0.2) is 0 Å². The fourth-order valence-electron chi connectivity index (χ4n) is 2.94. The number of carbonyl (C=O) groups excluding carboxylic acids is 2. The Labute approximate surface area is 170 Å². The summed E-state index contributed by atoms with van der Waals surface area (Å²) < 4.78 is 4.71. The van der Waals surface area contributed by atoms with Crippen molar-refractivity contribution in [3.05, 3.63) is 40.1 Å². The van der Waals surface area contributed by atoms with Crippen molar-refractivity contribution in [2.24, 2.45) is 5.92 Å². The van der Waals surface area contributed by atoms with Crippen LogP contribution in [0.15, 0.2) is 30.4 Å². The molecule has 1 N–H and O–H groups in total. The highest BCUT2D eigenvalue weighted by atomic mass is 32.1. The van der Waals surface area contributed by atoms with E-state index in [-0.39, 0.29) is 23.8 Å². The number of hydrogen-bond donors (Lipinski definition) is 1. The Morgan fingerprint density at radius 3 is 3.00 bits per heavy atom. The lowest BCUT2D eigenvalue weighted by molar-refractivity contribution is -0.127. The number of amides is 1. The summed E-state index contributed by atoms with van der Waals surface area (Å²) in [4.78, 5) is 27.0. The van der Waals surface area contributed by atoms with E-state index in [1.807, 2.05) is 36.1 Å². The number of likely N-dealkylation sites (tertiary alicyclic amines) is 1. The maximum atomic E-state index is 12.2. The molecule has 0 radical (unpaired) electrons. The van der Waals surface area contributed by atoms with E-state index in [9.17, 15) is 14.7 Å². The standard InChI is InChI=1S/C22H27NO4S/c1-4-5-7-16(2)19(24)12-9-17-10-14-21(25)23(17)15-6-8-18-11-13-20(28-18)22(26)27-3/h6,8-9,11-13,16-17,19,24H,7,10,14-15H2,1-3H3/b8-6-,12-9+/t16-,17-,19+/m0/s1. The van der Waals surface area contributed by atoms with Gasteiger partial charge in [0.25, 0.3) is 0 Å². The van der Waals surface area contributed by atoms with Gasteiger partial charge in [-0.1, -0.05) is 25.2 Å². The Hall–Kier alpha value is -2.36. The van der Waals surface area contributed by atoms with Crippen molar-refractivity contribution in [1.29, 1.82) is 0 Å². The Morgan fingerprint density at radius 1 is 1.50 bits per heavy atom. The van der Waals surface area contributed by atoms with E-state index in [0.29, 0.717) is 24.3 Å². The highest BCUT2D eigenvalue weighted by Crippen LogP contribution is 2.22. The third kappa shape index (κ3) is 6.08. The third-order valence-corrected chi connectivity index (χ3v) is 5.72. The van der Waals surface area contributed by atoms with Crippen molar-refractivity contribution in [2.45, 2.75) is 45.3 Å². The number of methoxy groups -OCH3 is 1. The van der Waals surface area contributed by atoms with Gasteiger partial charge in [-0.25, -0.2) is 4.79 Å². The quantitative estimate of drug-likeness (QED) is 0.411. The van der Waals surface area contributed by atoms with Crippen molar-refractivity contribution >= 4 is 29.3 Å². The normalized spacial score (nSPS) is 19.1. The van der Waals surface area contributed by atoms with Crippen molar-refractivity contribution < 1.29 is 19.4 Å². The van der Waals surface area contributed by atoms with Crippen molar-refractivity contribution in [1.82, 2.24) is 4.90 Å². The Kier molecular flexibility index (Phi) is 8.49. The summed E-state index contributed by atoms with van der Waals surface area (Å²) in [5.41, 5.74) is 0. The minimum atomic E-state index is -0.572. The maximum Gasteiger partial charge on any atom is 0.348 e. The topological polar surface area (TPSA) is 66.8 Å². The van der Waals surface area contributed by atoms with Gasteiger partial charge in [-0.05, 0) is 37.5 Å². The lowest BCUT2D eigenvalue weighted by Crippen LogP contribution is -2.32. The van der Waals surface area contributed by atoms with Gasteiger partial charge in [0, 0.05) is 24.3 Å². The molecule has 5 nitrogen and oxygen atoms in total. The number of thiophene rings is 1. The molecular formula is C22H27NO4S. The number of ether oxygens (including phenoxy) is 1. The number of nitrogens with zero attached hydrogens (tertiary/aromatic N) is 1. The number of rotatable bonds is 8. The molecule has 150 valence electrons. The smallest absolute Gasteiger partial charge is 0.348 e. The van der Waals surface area contributed by atoms with Crippen molar-refractivity contribution in [3.8, 4) is 11.8 Å². The van der Waals surface area contributed by atoms with Gasteiger partial charge >= 0.3 is 5.97 Å². The summed E-state index contributed by atoms with van der Waals surface area (Å²) >= 11 is 1.35. The second kappa shape index (κ2) is 10.8. The van der Waals surface area contributed by atoms with Gasteiger partial charge in [-0.2, -0.15) is 0 Å². The van der Waals surface area contributed by atoms with E-state index >= 15 is 0 Å². The molecule has 1 aliphatic rings. The highest BCUT2D eigenvalue weighted by Gasteiger charge is 2.28. The van der Waals surface area contributed by atoms with Gasteiger partial charge in [0.05, 0.1) is 19.3 Å². The first kappa shape index (κ1) is 21.9. The van der Waals surface area contributed by atoms with Crippen LogP contribution in [-0.2, 0) is 9.53 Å². The van der Waals surface area contributed by atoms with Crippen LogP contribution in [0.5, 0.6) is 0 Å². The predicted octanol–water partition coefficient (Wildman–Crippen LogP) is 3.51. The molecular weight excluding hydrogens is 374 g/mol. The molecule has 0 spiro atoms. The Balaban J connectivity index is 1.94. The molecule has 2 heterocycles. The van der Waals surface area contributed by atoms with E-state index in [2.05, 4.69) is 11.8 Å². The molecule has 3 atom stereocenters. The van der Waals surface area contributed by atoms with Crippen molar-refractivity contribution in [2.75, 3.05) is 13.7 Å². The van der Waals surface area contributed by atoms with Gasteiger partial charge in [-0.15, -0.1) is 23.2 Å². The van der Waals surface area contributed by atoms with Crippen LogP contribution in [0, 0.1) is 17.8 Å². The maximum absolute atomic E-state index is 12.2. The van der Waals surface area contributed by atoms with Crippen LogP contribution >= 0.6 is 11.3 Å². The van der Waals surface area contributed by atoms with Crippen LogP contribution in [0.3, 0.4) is 0 Å². The van der Waals surface area contributed by atoms with Gasteiger partial charge in [0.2, 0.25) is 5.91 Å². The molecule has 1 aromatic heterocycles. The number of esters is 1. The zero-order chi connectivity index (χ0) is 20.5. The summed E-state index contributed by atoms with van der Waals surface area (Å²) in [5, 5.41) is 10.2. The minimum absolute atomic E-state index is 0.00905. The molecule has 1 aromatic rings. The fourth-order valence-corrected chi connectivity index (χ4v) is 3.80. The molecule has 0 aromatic carbocycles. The molecule has 0 saturated carbocycles. The molecule has 1 aliphatic heterocycles. The number of carbonyl (C=O) groups is 2. The van der Waals surface area contributed by atoms with Crippen molar-refractivity contribution in [3.63, 3.8) is 0 Å². The molecule has 6 heteroatoms. The molecule has 0 aliphatic carbocycles. The first-order valence-corrected chi connectivity index (χ1v) is 10.2.